The summed E-state index contributed by atoms with van der Waals surface area (Å²) >= 11 is 0. The van der Waals surface area contributed by atoms with Gasteiger partial charge in [0.15, 0.2) is 5.69 Å². The Balaban J connectivity index is 2.46. The molecule has 92 valence electrons. The van der Waals surface area contributed by atoms with Crippen LogP contribution < -0.4 is 5.32 Å². The van der Waals surface area contributed by atoms with Crippen LogP contribution in [0.1, 0.15) is 26.0 Å². The number of nitrogens with one attached hydrogen (secondary N) is 1. The molecule has 1 rings (SSSR count). The Bertz CT molecular complexity index is 380. The van der Waals surface area contributed by atoms with Crippen LogP contribution in [0.25, 0.3) is 0 Å². The lowest BCUT2D eigenvalue weighted by molar-refractivity contribution is 0.157. The van der Waals surface area contributed by atoms with Gasteiger partial charge in [-0.25, -0.2) is 9.97 Å². The van der Waals surface area contributed by atoms with Crippen molar-refractivity contribution >= 4 is 5.82 Å². The van der Waals surface area contributed by atoms with Gasteiger partial charge in [0, 0.05) is 20.3 Å². The van der Waals surface area contributed by atoms with E-state index in [1.165, 1.54) is 6.20 Å². The molecule has 0 spiro atoms. The third kappa shape index (κ3) is 4.79. The Labute approximate surface area is 102 Å². The molecule has 0 saturated heterocycles. The molecule has 0 aliphatic heterocycles. The highest BCUT2D eigenvalue weighted by Gasteiger charge is 2.17. The number of nitriles is 1. The molecular formula is C12H18N4O. The molecule has 5 heteroatoms. The summed E-state index contributed by atoms with van der Waals surface area (Å²) < 4.78 is 5.07. The minimum atomic E-state index is 0.131. The van der Waals surface area contributed by atoms with Gasteiger partial charge in [-0.3, -0.25) is 0 Å². The summed E-state index contributed by atoms with van der Waals surface area (Å²) in [7, 11) is 1.70. The second-order valence-corrected chi connectivity index (χ2v) is 4.66. The third-order valence-electron chi connectivity index (χ3n) is 2.50. The van der Waals surface area contributed by atoms with Crippen molar-refractivity contribution in [2.75, 3.05) is 25.6 Å². The second kappa shape index (κ2) is 6.16. The molecule has 0 saturated carbocycles. The first-order valence-electron chi connectivity index (χ1n) is 5.52. The first-order valence-corrected chi connectivity index (χ1v) is 5.52. The molecular weight excluding hydrogens is 216 g/mol. The first kappa shape index (κ1) is 13.4. The average Bonchev–Trinajstić information content (AvgIpc) is 2.35. The molecule has 0 atom stereocenters. The van der Waals surface area contributed by atoms with Crippen LogP contribution in [0.15, 0.2) is 12.4 Å². The van der Waals surface area contributed by atoms with Crippen LogP contribution >= 0.6 is 0 Å². The smallest absolute Gasteiger partial charge is 0.158 e. The molecule has 1 aromatic heterocycles. The van der Waals surface area contributed by atoms with E-state index in [-0.39, 0.29) is 5.41 Å². The van der Waals surface area contributed by atoms with Crippen molar-refractivity contribution in [1.82, 2.24) is 9.97 Å². The number of hydrogen-bond acceptors (Lipinski definition) is 5. The summed E-state index contributed by atoms with van der Waals surface area (Å²) in [4.78, 5) is 8.05. The minimum absolute atomic E-state index is 0.131. The highest BCUT2D eigenvalue weighted by atomic mass is 16.5. The van der Waals surface area contributed by atoms with E-state index in [1.54, 1.807) is 13.3 Å². The Morgan fingerprint density at radius 2 is 2.18 bits per heavy atom. The van der Waals surface area contributed by atoms with Gasteiger partial charge in [-0.1, -0.05) is 13.8 Å². The predicted molar refractivity (Wildman–Crippen MR) is 65.5 cm³/mol. The quantitative estimate of drug-likeness (QED) is 0.813. The molecule has 0 aliphatic carbocycles. The van der Waals surface area contributed by atoms with Crippen molar-refractivity contribution < 1.29 is 4.74 Å². The summed E-state index contributed by atoms with van der Waals surface area (Å²) in [5, 5.41) is 11.8. The molecule has 1 N–H and O–H groups in total. The van der Waals surface area contributed by atoms with E-state index < -0.39 is 0 Å². The van der Waals surface area contributed by atoms with Crippen LogP contribution in [-0.4, -0.2) is 30.2 Å². The average molecular weight is 234 g/mol. The fourth-order valence-corrected chi connectivity index (χ4v) is 1.27. The molecule has 0 aliphatic rings. The van der Waals surface area contributed by atoms with Gasteiger partial charge in [0.05, 0.1) is 12.4 Å². The van der Waals surface area contributed by atoms with E-state index in [4.69, 9.17) is 10.00 Å². The Kier molecular flexibility index (Phi) is 4.85. The van der Waals surface area contributed by atoms with Crippen LogP contribution in [-0.2, 0) is 4.74 Å². The third-order valence-corrected chi connectivity index (χ3v) is 2.50. The zero-order chi connectivity index (χ0) is 12.7. The number of anilines is 1. The van der Waals surface area contributed by atoms with Crippen molar-refractivity contribution in [3.63, 3.8) is 0 Å². The van der Waals surface area contributed by atoms with Gasteiger partial charge in [-0.15, -0.1) is 0 Å². The van der Waals surface area contributed by atoms with Crippen molar-refractivity contribution in [3.8, 4) is 6.07 Å². The summed E-state index contributed by atoms with van der Waals surface area (Å²) in [5.74, 6) is 0.689. The number of methoxy groups -OCH3 is 1. The van der Waals surface area contributed by atoms with Gasteiger partial charge in [0.25, 0.3) is 0 Å². The number of ether oxygens (including phenoxy) is 1. The highest BCUT2D eigenvalue weighted by molar-refractivity contribution is 5.33. The van der Waals surface area contributed by atoms with Crippen LogP contribution in [0.3, 0.4) is 0 Å². The van der Waals surface area contributed by atoms with Gasteiger partial charge in [0.1, 0.15) is 11.9 Å². The van der Waals surface area contributed by atoms with Crippen LogP contribution in [0.5, 0.6) is 0 Å². The zero-order valence-electron chi connectivity index (χ0n) is 10.5. The standard InChI is InChI=1S/C12H18N4O/c1-12(2,4-5-17-3)9-16-11-8-14-10(6-13)7-15-11/h7-8H,4-5,9H2,1-3H3,(H,15,16). The SMILES string of the molecule is COCCC(C)(C)CNc1cnc(C#N)cn1. The van der Waals surface area contributed by atoms with Gasteiger partial charge >= 0.3 is 0 Å². The van der Waals surface area contributed by atoms with Crippen LogP contribution in [0, 0.1) is 16.7 Å². The van der Waals surface area contributed by atoms with Crippen molar-refractivity contribution in [2.45, 2.75) is 20.3 Å². The maximum absolute atomic E-state index is 8.60. The van der Waals surface area contributed by atoms with Crippen molar-refractivity contribution in [1.29, 1.82) is 5.26 Å². The Morgan fingerprint density at radius 3 is 2.71 bits per heavy atom. The molecule has 0 amide bonds. The Hall–Kier alpha value is -1.67. The summed E-state index contributed by atoms with van der Waals surface area (Å²) in [5.41, 5.74) is 0.459. The summed E-state index contributed by atoms with van der Waals surface area (Å²) in [6.07, 6.45) is 4.01. The van der Waals surface area contributed by atoms with Crippen molar-refractivity contribution in [3.05, 3.63) is 18.1 Å². The number of nitrogens with zero attached hydrogens (tertiary/aromatic N) is 3. The second-order valence-electron chi connectivity index (χ2n) is 4.66. The van der Waals surface area contributed by atoms with E-state index >= 15 is 0 Å². The summed E-state index contributed by atoms with van der Waals surface area (Å²) in [6.45, 7) is 5.86. The minimum Gasteiger partial charge on any atom is -0.385 e. The van der Waals surface area contributed by atoms with Crippen LogP contribution in [0.4, 0.5) is 5.82 Å². The molecule has 1 heterocycles. The largest absolute Gasteiger partial charge is 0.385 e. The van der Waals surface area contributed by atoms with E-state index in [0.717, 1.165) is 19.6 Å². The normalized spacial score (nSPS) is 10.9. The zero-order valence-corrected chi connectivity index (χ0v) is 10.5. The lowest BCUT2D eigenvalue weighted by atomic mass is 9.90. The lowest BCUT2D eigenvalue weighted by Gasteiger charge is -2.24. The fraction of sp³-hybridized carbons (Fsp3) is 0.583. The highest BCUT2D eigenvalue weighted by Crippen LogP contribution is 2.20. The number of hydrogen-bond donors (Lipinski definition) is 1. The molecule has 0 aromatic carbocycles. The monoisotopic (exact) mass is 234 g/mol. The van der Waals surface area contributed by atoms with Gasteiger partial charge in [0.2, 0.25) is 0 Å². The molecule has 5 nitrogen and oxygen atoms in total. The topological polar surface area (TPSA) is 70.8 Å². The lowest BCUT2D eigenvalue weighted by Crippen LogP contribution is -2.25. The summed E-state index contributed by atoms with van der Waals surface area (Å²) in [6, 6.07) is 1.94. The van der Waals surface area contributed by atoms with E-state index in [1.807, 2.05) is 6.07 Å². The predicted octanol–water partition coefficient (Wildman–Crippen LogP) is 1.82. The van der Waals surface area contributed by atoms with Gasteiger partial charge < -0.3 is 10.1 Å². The van der Waals surface area contributed by atoms with E-state index in [0.29, 0.717) is 11.5 Å². The molecule has 17 heavy (non-hydrogen) atoms. The molecule has 0 fully saturated rings. The molecule has 0 unspecified atom stereocenters. The van der Waals surface area contributed by atoms with Crippen LogP contribution in [0.2, 0.25) is 0 Å². The fourth-order valence-electron chi connectivity index (χ4n) is 1.27. The van der Waals surface area contributed by atoms with Gasteiger partial charge in [-0.2, -0.15) is 5.26 Å². The van der Waals surface area contributed by atoms with Crippen molar-refractivity contribution in [2.24, 2.45) is 5.41 Å². The maximum atomic E-state index is 8.60. The van der Waals surface area contributed by atoms with E-state index in [9.17, 15) is 0 Å². The first-order chi connectivity index (χ1) is 8.07. The molecule has 0 radical (unpaired) electrons. The van der Waals surface area contributed by atoms with Gasteiger partial charge in [-0.05, 0) is 11.8 Å². The molecule has 1 aromatic rings. The Morgan fingerprint density at radius 1 is 1.41 bits per heavy atom. The molecule has 0 bridgehead atoms. The number of aromatic nitrogens is 2. The maximum Gasteiger partial charge on any atom is 0.158 e. The number of rotatable bonds is 6. The van der Waals surface area contributed by atoms with E-state index in [2.05, 4.69) is 29.1 Å².